The van der Waals surface area contributed by atoms with Crippen molar-refractivity contribution in [1.29, 1.82) is 0 Å². The van der Waals surface area contributed by atoms with Crippen LogP contribution in [0.5, 0.6) is 0 Å². The van der Waals surface area contributed by atoms with Gasteiger partial charge in [0.05, 0.1) is 24.4 Å². The Bertz CT molecular complexity index is 1690. The van der Waals surface area contributed by atoms with Crippen LogP contribution in [0.2, 0.25) is 0 Å². The standard InChI is InChI=1S/C43H59N3O12/c1-7-32-25(4)24(3)26(5)39(53-32)58-40-34-37(57-43(50)46(34)6)36-33(54-40)18-23(2)38(56-36)55-35-30(45-42(49)52-22-28-16-12-9-13-17-28)19-29(20-31(35)47)44-41(48)51-21-27-14-10-8-11-15-27/h8-17,23-26,29-40,47H,7,18-22H2,1-6H3,(H,44,48)(H,45,49)/t23?,24-,25-,26?,29+,30?,31+,32?,33-,34?,35+,36?,37?,38-,39+,40?/m0/s1. The van der Waals surface area contributed by atoms with E-state index in [9.17, 15) is 19.5 Å². The van der Waals surface area contributed by atoms with Gasteiger partial charge in [0.1, 0.15) is 31.5 Å². The first kappa shape index (κ1) is 42.1. The highest BCUT2D eigenvalue weighted by Crippen LogP contribution is 2.44. The van der Waals surface area contributed by atoms with Crippen LogP contribution in [0, 0.1) is 23.7 Å². The van der Waals surface area contributed by atoms with Crippen molar-refractivity contribution in [2.24, 2.45) is 23.7 Å². The van der Waals surface area contributed by atoms with Crippen LogP contribution in [0.25, 0.3) is 0 Å². The molecule has 318 valence electrons. The van der Waals surface area contributed by atoms with Crippen LogP contribution in [0.3, 0.4) is 0 Å². The molecule has 5 aliphatic rings. The average Bonchev–Trinajstić information content (AvgIpc) is 3.52. The summed E-state index contributed by atoms with van der Waals surface area (Å²) in [7, 11) is 1.66. The molecule has 4 heterocycles. The van der Waals surface area contributed by atoms with Gasteiger partial charge in [-0.05, 0) is 48.6 Å². The minimum absolute atomic E-state index is 0.0380. The first-order valence-electron chi connectivity index (χ1n) is 20.7. The number of aliphatic hydroxyl groups is 1. The third kappa shape index (κ3) is 9.40. The lowest BCUT2D eigenvalue weighted by Crippen LogP contribution is -2.65. The molecule has 2 aromatic carbocycles. The number of ether oxygens (including phenoxy) is 8. The second-order valence-corrected chi connectivity index (χ2v) is 16.7. The minimum Gasteiger partial charge on any atom is -0.445 e. The van der Waals surface area contributed by atoms with Gasteiger partial charge in [0.25, 0.3) is 0 Å². The molecule has 4 aliphatic heterocycles. The summed E-state index contributed by atoms with van der Waals surface area (Å²) < 4.78 is 49.9. The molecule has 58 heavy (non-hydrogen) atoms. The van der Waals surface area contributed by atoms with Crippen LogP contribution in [0.15, 0.2) is 60.7 Å². The summed E-state index contributed by atoms with van der Waals surface area (Å²) in [5, 5.41) is 17.3. The van der Waals surface area contributed by atoms with Crippen LogP contribution >= 0.6 is 0 Å². The van der Waals surface area contributed by atoms with E-state index in [1.807, 2.05) is 67.6 Å². The zero-order chi connectivity index (χ0) is 41.1. The summed E-state index contributed by atoms with van der Waals surface area (Å²) in [6.07, 6.45) is -6.38. The summed E-state index contributed by atoms with van der Waals surface area (Å²) in [4.78, 5) is 40.6. The normalized spacial score (nSPS) is 38.5. The maximum absolute atomic E-state index is 13.2. The summed E-state index contributed by atoms with van der Waals surface area (Å²) in [6.45, 7) is 10.7. The number of rotatable bonds is 11. The third-order valence-electron chi connectivity index (χ3n) is 12.8. The van der Waals surface area contributed by atoms with E-state index in [2.05, 4.69) is 38.3 Å². The number of likely N-dealkylation sites (N-methyl/N-ethyl adjacent to an activating group) is 1. The van der Waals surface area contributed by atoms with Crippen molar-refractivity contribution in [3.8, 4) is 0 Å². The second kappa shape index (κ2) is 18.5. The molecular formula is C43H59N3O12. The molecule has 1 saturated carbocycles. The molecular weight excluding hydrogens is 750 g/mol. The molecule has 3 amide bonds. The number of carbonyl (C=O) groups is 3. The first-order valence-corrected chi connectivity index (χ1v) is 20.7. The summed E-state index contributed by atoms with van der Waals surface area (Å²) in [5.41, 5.74) is 1.64. The maximum Gasteiger partial charge on any atom is 0.410 e. The predicted octanol–water partition coefficient (Wildman–Crippen LogP) is 5.47. The van der Waals surface area contributed by atoms with Gasteiger partial charge in [0, 0.05) is 24.9 Å². The number of benzene rings is 2. The van der Waals surface area contributed by atoms with Crippen LogP contribution in [-0.2, 0) is 51.1 Å². The maximum atomic E-state index is 13.2. The Labute approximate surface area is 340 Å². The fourth-order valence-electron chi connectivity index (χ4n) is 9.07. The van der Waals surface area contributed by atoms with Gasteiger partial charge in [-0.25, -0.2) is 14.4 Å². The number of amides is 3. The van der Waals surface area contributed by atoms with E-state index in [0.29, 0.717) is 18.3 Å². The van der Waals surface area contributed by atoms with Crippen molar-refractivity contribution >= 4 is 18.3 Å². The van der Waals surface area contributed by atoms with E-state index in [-0.39, 0.29) is 44.0 Å². The van der Waals surface area contributed by atoms with E-state index in [4.69, 9.17) is 37.9 Å². The van der Waals surface area contributed by atoms with Gasteiger partial charge < -0.3 is 53.6 Å². The van der Waals surface area contributed by atoms with Crippen LogP contribution in [-0.4, -0.2) is 109 Å². The first-order chi connectivity index (χ1) is 27.9. The van der Waals surface area contributed by atoms with Gasteiger partial charge in [-0.2, -0.15) is 0 Å². The summed E-state index contributed by atoms with van der Waals surface area (Å²) >= 11 is 0. The Kier molecular flexibility index (Phi) is 13.5. The van der Waals surface area contributed by atoms with Crippen molar-refractivity contribution in [3.63, 3.8) is 0 Å². The predicted molar refractivity (Wildman–Crippen MR) is 208 cm³/mol. The number of hydrogen-bond donors (Lipinski definition) is 3. The van der Waals surface area contributed by atoms with Gasteiger partial charge in [-0.3, -0.25) is 4.90 Å². The van der Waals surface area contributed by atoms with E-state index in [0.717, 1.165) is 17.5 Å². The molecule has 2 aromatic rings. The largest absolute Gasteiger partial charge is 0.445 e. The number of fused-ring (bicyclic) bond motifs is 3. The quantitative estimate of drug-likeness (QED) is 0.245. The lowest BCUT2D eigenvalue weighted by Gasteiger charge is -2.51. The lowest BCUT2D eigenvalue weighted by molar-refractivity contribution is -0.369. The lowest BCUT2D eigenvalue weighted by atomic mass is 9.78. The highest BCUT2D eigenvalue weighted by Gasteiger charge is 2.60. The number of nitrogens with one attached hydrogen (secondary N) is 2. The zero-order valence-corrected chi connectivity index (χ0v) is 34.1. The van der Waals surface area contributed by atoms with Gasteiger partial charge >= 0.3 is 18.3 Å². The summed E-state index contributed by atoms with van der Waals surface area (Å²) in [6, 6.07) is 16.6. The Balaban J connectivity index is 1.03. The number of nitrogens with zero attached hydrogens (tertiary/aromatic N) is 1. The molecule has 15 nitrogen and oxygen atoms in total. The van der Waals surface area contributed by atoms with E-state index in [1.54, 1.807) is 7.05 Å². The fourth-order valence-corrected chi connectivity index (χ4v) is 9.07. The average molecular weight is 810 g/mol. The molecule has 7 rings (SSSR count). The molecule has 3 N–H and O–H groups in total. The van der Waals surface area contributed by atoms with Gasteiger partial charge in [-0.1, -0.05) is 95.3 Å². The molecule has 5 fully saturated rings. The van der Waals surface area contributed by atoms with Crippen molar-refractivity contribution in [3.05, 3.63) is 71.8 Å². The molecule has 0 spiro atoms. The summed E-state index contributed by atoms with van der Waals surface area (Å²) in [5.74, 6) is 0.567. The Morgan fingerprint density at radius 3 is 2.03 bits per heavy atom. The van der Waals surface area contributed by atoms with Gasteiger partial charge in [-0.15, -0.1) is 0 Å². The number of carbonyl (C=O) groups excluding carboxylic acids is 3. The Morgan fingerprint density at radius 2 is 1.40 bits per heavy atom. The molecule has 0 radical (unpaired) electrons. The molecule has 16 atom stereocenters. The van der Waals surface area contributed by atoms with Crippen molar-refractivity contribution in [2.75, 3.05) is 7.05 Å². The number of alkyl carbamates (subject to hydrolysis) is 2. The molecule has 4 saturated heterocycles. The topological polar surface area (TPSA) is 173 Å². The van der Waals surface area contributed by atoms with Crippen LogP contribution in [0.1, 0.15) is 71.4 Å². The van der Waals surface area contributed by atoms with Crippen molar-refractivity contribution < 1.29 is 57.4 Å². The number of hydrogen-bond acceptors (Lipinski definition) is 12. The SMILES string of the molecule is CCC1O[C@H](OC2O[C@H]3CC(C)[C@@H](O[C@@H]4C(NC(=O)OCc5ccccc5)C[C@@H](NC(=O)OCc5ccccc5)C[C@H]4O)OC3C3OC(=O)N(C)C23)C(C)[C@@H](C)[C@@H]1C. The Morgan fingerprint density at radius 1 is 0.759 bits per heavy atom. The monoisotopic (exact) mass is 809 g/mol. The van der Waals surface area contributed by atoms with Crippen LogP contribution in [0.4, 0.5) is 14.4 Å². The van der Waals surface area contributed by atoms with Crippen LogP contribution < -0.4 is 10.6 Å². The molecule has 0 bridgehead atoms. The molecule has 1 aliphatic carbocycles. The van der Waals surface area contributed by atoms with E-state index >= 15 is 0 Å². The smallest absolute Gasteiger partial charge is 0.410 e. The molecule has 8 unspecified atom stereocenters. The van der Waals surface area contributed by atoms with E-state index in [1.165, 1.54) is 4.90 Å². The minimum atomic E-state index is -1.13. The fraction of sp³-hybridized carbons (Fsp3) is 0.651. The highest BCUT2D eigenvalue weighted by molar-refractivity contribution is 5.71. The van der Waals surface area contributed by atoms with E-state index < -0.39 is 85.8 Å². The van der Waals surface area contributed by atoms with Gasteiger partial charge in [0.2, 0.25) is 0 Å². The number of aliphatic hydroxyl groups excluding tert-OH is 1. The second-order valence-electron chi connectivity index (χ2n) is 16.7. The third-order valence-corrected chi connectivity index (χ3v) is 12.8. The Hall–Kier alpha value is -3.99. The molecule has 0 aromatic heterocycles. The molecule has 15 heteroatoms. The zero-order valence-electron chi connectivity index (χ0n) is 34.1. The van der Waals surface area contributed by atoms with Crippen molar-refractivity contribution in [1.82, 2.24) is 15.5 Å². The van der Waals surface area contributed by atoms with Crippen molar-refractivity contribution in [2.45, 2.75) is 147 Å². The van der Waals surface area contributed by atoms with Gasteiger partial charge in [0.15, 0.2) is 25.0 Å². The highest BCUT2D eigenvalue weighted by atomic mass is 16.8.